The van der Waals surface area contributed by atoms with E-state index >= 15 is 0 Å². The Balaban J connectivity index is 1.58. The summed E-state index contributed by atoms with van der Waals surface area (Å²) < 4.78 is 15.9. The molecule has 0 aliphatic carbocycles. The van der Waals surface area contributed by atoms with Crippen LogP contribution in [0.2, 0.25) is 0 Å². The Morgan fingerprint density at radius 2 is 1.71 bits per heavy atom. The van der Waals surface area contributed by atoms with Crippen LogP contribution in [0.3, 0.4) is 0 Å². The Kier molecular flexibility index (Phi) is 7.90. The maximum absolute atomic E-state index is 14.0. The Hall–Kier alpha value is -3.91. The molecule has 0 spiro atoms. The summed E-state index contributed by atoms with van der Waals surface area (Å²) >= 11 is 1.49. The summed E-state index contributed by atoms with van der Waals surface area (Å²) in [6.45, 7) is 7.65. The lowest BCUT2D eigenvalue weighted by Crippen LogP contribution is -2.46. The minimum atomic E-state index is -0.314. The molecule has 1 fully saturated rings. The molecule has 3 aromatic carbocycles. The highest BCUT2D eigenvalue weighted by molar-refractivity contribution is 8.00. The normalized spacial score (nSPS) is 17.7. The molecule has 1 atom stereocenters. The minimum absolute atomic E-state index is 0.0538. The first-order valence-electron chi connectivity index (χ1n) is 14.5. The molecule has 2 aliphatic rings. The maximum atomic E-state index is 14.0. The molecule has 2 aliphatic heterocycles. The molecule has 6 nitrogen and oxygen atoms in total. The van der Waals surface area contributed by atoms with Crippen molar-refractivity contribution in [1.82, 2.24) is 14.7 Å². The van der Waals surface area contributed by atoms with Crippen molar-refractivity contribution in [1.29, 1.82) is 0 Å². The van der Waals surface area contributed by atoms with Gasteiger partial charge in [-0.05, 0) is 61.9 Å². The number of carbonyl (C=O) groups is 2. The van der Waals surface area contributed by atoms with E-state index in [1.165, 1.54) is 23.9 Å². The Bertz CT molecular complexity index is 1610. The fourth-order valence-electron chi connectivity index (χ4n) is 5.93. The lowest BCUT2D eigenvalue weighted by atomic mass is 9.99. The van der Waals surface area contributed by atoms with E-state index in [9.17, 15) is 14.0 Å². The van der Waals surface area contributed by atoms with E-state index in [4.69, 9.17) is 5.10 Å². The number of nitrogens with zero attached hydrogens (tertiary/aromatic N) is 4. The molecule has 0 N–H and O–H groups in total. The third-order valence-corrected chi connectivity index (χ3v) is 9.57. The van der Waals surface area contributed by atoms with Crippen molar-refractivity contribution >= 4 is 29.4 Å². The van der Waals surface area contributed by atoms with Gasteiger partial charge in [0, 0.05) is 24.2 Å². The van der Waals surface area contributed by atoms with E-state index in [0.29, 0.717) is 24.8 Å². The van der Waals surface area contributed by atoms with Gasteiger partial charge < -0.3 is 4.90 Å². The van der Waals surface area contributed by atoms with Gasteiger partial charge in [-0.3, -0.25) is 14.5 Å². The Morgan fingerprint density at radius 1 is 1.00 bits per heavy atom. The summed E-state index contributed by atoms with van der Waals surface area (Å²) in [6, 6.07) is 22.6. The molecule has 8 heteroatoms. The Labute approximate surface area is 250 Å². The number of anilines is 1. The summed E-state index contributed by atoms with van der Waals surface area (Å²) in [5.41, 5.74) is 6.37. The van der Waals surface area contributed by atoms with Crippen LogP contribution in [0.1, 0.15) is 47.3 Å². The number of hydrogen-bond donors (Lipinski definition) is 0. The van der Waals surface area contributed by atoms with Crippen molar-refractivity contribution in [2.45, 2.75) is 38.9 Å². The van der Waals surface area contributed by atoms with Crippen molar-refractivity contribution in [3.8, 4) is 16.9 Å². The van der Waals surface area contributed by atoms with Gasteiger partial charge in [-0.1, -0.05) is 67.1 Å². The monoisotopic (exact) mass is 582 g/mol. The van der Waals surface area contributed by atoms with Crippen molar-refractivity contribution in [2.24, 2.45) is 5.92 Å². The number of hydrogen-bond acceptors (Lipinski definition) is 4. The fraction of sp³-hybridized carbons (Fsp3) is 0.324. The number of thioether (sulfide) groups is 1. The molecule has 1 saturated heterocycles. The van der Waals surface area contributed by atoms with E-state index < -0.39 is 0 Å². The first kappa shape index (κ1) is 28.2. The molecule has 1 aromatic heterocycles. The van der Waals surface area contributed by atoms with Crippen LogP contribution in [-0.4, -0.2) is 51.9 Å². The predicted molar refractivity (Wildman–Crippen MR) is 167 cm³/mol. The second-order valence-electron chi connectivity index (χ2n) is 11.4. The highest BCUT2D eigenvalue weighted by Crippen LogP contribution is 2.48. The number of rotatable bonds is 5. The highest BCUT2D eigenvalue weighted by Gasteiger charge is 2.38. The Morgan fingerprint density at radius 3 is 2.40 bits per heavy atom. The average molecular weight is 583 g/mol. The number of aryl methyl sites for hydroxylation is 2. The van der Waals surface area contributed by atoms with Gasteiger partial charge in [0.2, 0.25) is 11.8 Å². The lowest BCUT2D eigenvalue weighted by molar-refractivity contribution is -0.132. The maximum Gasteiger partial charge on any atom is 0.242 e. The van der Waals surface area contributed by atoms with Gasteiger partial charge >= 0.3 is 0 Å². The standard InChI is InChI=1S/C34H35FN4O2S/c1-22-15-17-37(18-16-22)29(40)20-38-30(41)21-42-33(26-10-12-27(35)13-11-26)31-32(25-7-5-4-6-8-25)36-39(34(31)38)28-14-9-23(2)19-24(28)3/h4-14,19,22,33H,15-18,20-21H2,1-3H3/t33-/m1/s1. The molecule has 4 aromatic rings. The van der Waals surface area contributed by atoms with Crippen LogP contribution in [0, 0.1) is 25.6 Å². The first-order chi connectivity index (χ1) is 20.3. The number of halogens is 1. The average Bonchev–Trinajstić information content (AvgIpc) is 3.30. The van der Waals surface area contributed by atoms with Crippen LogP contribution in [0.15, 0.2) is 72.8 Å². The number of fused-ring (bicyclic) bond motifs is 1. The van der Waals surface area contributed by atoms with E-state index in [2.05, 4.69) is 13.0 Å². The number of piperidine rings is 1. The van der Waals surface area contributed by atoms with Gasteiger partial charge in [-0.25, -0.2) is 9.07 Å². The number of aromatic nitrogens is 2. The SMILES string of the molecule is Cc1ccc(-n2nc(-c3ccccc3)c3c2N(CC(=O)N2CCC(C)CC2)C(=O)CS[C@@H]3c2ccc(F)cc2)c(C)c1. The van der Waals surface area contributed by atoms with Crippen LogP contribution >= 0.6 is 11.8 Å². The van der Waals surface area contributed by atoms with Gasteiger partial charge in [0.15, 0.2) is 0 Å². The minimum Gasteiger partial charge on any atom is -0.341 e. The molecule has 2 amide bonds. The number of amides is 2. The molecular formula is C34H35FN4O2S. The van der Waals surface area contributed by atoms with E-state index in [0.717, 1.165) is 52.0 Å². The second kappa shape index (κ2) is 11.8. The fourth-order valence-corrected chi connectivity index (χ4v) is 7.13. The van der Waals surface area contributed by atoms with Gasteiger partial charge in [0.25, 0.3) is 0 Å². The van der Waals surface area contributed by atoms with Gasteiger partial charge in [0.1, 0.15) is 18.2 Å². The molecular weight excluding hydrogens is 547 g/mol. The van der Waals surface area contributed by atoms with Crippen molar-refractivity contribution < 1.29 is 14.0 Å². The number of likely N-dealkylation sites (tertiary alicyclic amines) is 1. The molecule has 0 radical (unpaired) electrons. The van der Waals surface area contributed by atoms with E-state index in [1.54, 1.807) is 17.0 Å². The lowest BCUT2D eigenvalue weighted by Gasteiger charge is -2.32. The second-order valence-corrected chi connectivity index (χ2v) is 12.5. The van der Waals surface area contributed by atoms with Gasteiger partial charge in [-0.15, -0.1) is 11.8 Å². The zero-order valence-corrected chi connectivity index (χ0v) is 25.0. The van der Waals surface area contributed by atoms with Gasteiger partial charge in [0.05, 0.1) is 22.4 Å². The molecule has 6 rings (SSSR count). The van der Waals surface area contributed by atoms with E-state index in [-0.39, 0.29) is 35.2 Å². The number of benzene rings is 3. The molecule has 3 heterocycles. The third kappa shape index (κ3) is 5.48. The number of carbonyl (C=O) groups excluding carboxylic acids is 2. The molecule has 42 heavy (non-hydrogen) atoms. The van der Waals surface area contributed by atoms with Crippen LogP contribution in [-0.2, 0) is 9.59 Å². The smallest absolute Gasteiger partial charge is 0.242 e. The van der Waals surface area contributed by atoms with Crippen LogP contribution in [0.4, 0.5) is 10.2 Å². The van der Waals surface area contributed by atoms with Crippen molar-refractivity contribution in [3.63, 3.8) is 0 Å². The van der Waals surface area contributed by atoms with E-state index in [1.807, 2.05) is 65.9 Å². The van der Waals surface area contributed by atoms with Crippen molar-refractivity contribution in [3.05, 3.63) is 101 Å². The summed E-state index contributed by atoms with van der Waals surface area (Å²) in [5.74, 6) is 0.862. The van der Waals surface area contributed by atoms with Crippen LogP contribution < -0.4 is 4.90 Å². The molecule has 0 bridgehead atoms. The molecule has 0 saturated carbocycles. The van der Waals surface area contributed by atoms with Gasteiger partial charge in [-0.2, -0.15) is 5.10 Å². The zero-order chi connectivity index (χ0) is 29.4. The van der Waals surface area contributed by atoms with Crippen LogP contribution in [0.5, 0.6) is 0 Å². The summed E-state index contributed by atoms with van der Waals surface area (Å²) in [5, 5.41) is 4.89. The largest absolute Gasteiger partial charge is 0.341 e. The molecule has 0 unspecified atom stereocenters. The predicted octanol–water partition coefficient (Wildman–Crippen LogP) is 6.72. The molecule has 216 valence electrons. The third-order valence-electron chi connectivity index (χ3n) is 8.32. The highest BCUT2D eigenvalue weighted by atomic mass is 32.2. The zero-order valence-electron chi connectivity index (χ0n) is 24.2. The summed E-state index contributed by atoms with van der Waals surface area (Å²) in [4.78, 5) is 31.2. The first-order valence-corrected chi connectivity index (χ1v) is 15.6. The van der Waals surface area contributed by atoms with Crippen LogP contribution in [0.25, 0.3) is 16.9 Å². The topological polar surface area (TPSA) is 58.4 Å². The summed E-state index contributed by atoms with van der Waals surface area (Å²) in [7, 11) is 0. The quantitative estimate of drug-likeness (QED) is 0.262. The van der Waals surface area contributed by atoms with Crippen molar-refractivity contribution in [2.75, 3.05) is 30.3 Å². The summed E-state index contributed by atoms with van der Waals surface area (Å²) in [6.07, 6.45) is 1.93.